The van der Waals surface area contributed by atoms with Gasteiger partial charge in [0.1, 0.15) is 0 Å². The molecule has 0 bridgehead atoms. The number of hydrogen-bond donors (Lipinski definition) is 2. The highest BCUT2D eigenvalue weighted by Crippen LogP contribution is 2.30. The lowest BCUT2D eigenvalue weighted by Crippen LogP contribution is -2.12. The molecule has 1 aromatic heterocycles. The lowest BCUT2D eigenvalue weighted by molar-refractivity contribution is -0.133. The Morgan fingerprint density at radius 3 is 2.84 bits per heavy atom. The van der Waals surface area contributed by atoms with Gasteiger partial charge in [0.2, 0.25) is 5.16 Å². The zero-order valence-corrected chi connectivity index (χ0v) is 13.4. The van der Waals surface area contributed by atoms with Crippen molar-refractivity contribution in [2.24, 2.45) is 0 Å². The quantitative estimate of drug-likeness (QED) is 0.596. The van der Waals surface area contributed by atoms with Crippen LogP contribution in [-0.4, -0.2) is 31.7 Å². The Morgan fingerprint density at radius 2 is 2.16 bits per heavy atom. The van der Waals surface area contributed by atoms with Crippen LogP contribution in [0, 0.1) is 0 Å². The average Bonchev–Trinajstić information content (AvgIpc) is 2.71. The SMILES string of the molecule is Nn1c(SCC(=O)O)nnc1-c1cc(Br)ccc1Br. The van der Waals surface area contributed by atoms with Gasteiger partial charge < -0.3 is 10.9 Å². The minimum Gasteiger partial charge on any atom is -0.481 e. The number of thioether (sulfide) groups is 1. The molecule has 0 radical (unpaired) electrons. The van der Waals surface area contributed by atoms with Gasteiger partial charge in [0.15, 0.2) is 5.82 Å². The van der Waals surface area contributed by atoms with E-state index in [0.29, 0.717) is 11.0 Å². The maximum absolute atomic E-state index is 10.5. The molecular weight excluding hydrogens is 400 g/mol. The fraction of sp³-hybridized carbons (Fsp3) is 0.100. The van der Waals surface area contributed by atoms with E-state index in [9.17, 15) is 4.79 Å². The van der Waals surface area contributed by atoms with E-state index in [-0.39, 0.29) is 5.75 Å². The van der Waals surface area contributed by atoms with Crippen LogP contribution >= 0.6 is 43.6 Å². The zero-order valence-electron chi connectivity index (χ0n) is 9.38. The minimum atomic E-state index is -0.932. The van der Waals surface area contributed by atoms with E-state index < -0.39 is 5.97 Å². The summed E-state index contributed by atoms with van der Waals surface area (Å²) in [6, 6.07) is 5.59. The number of carbonyl (C=O) groups is 1. The predicted octanol–water partition coefficient (Wildman–Crippen LogP) is 2.36. The lowest BCUT2D eigenvalue weighted by atomic mass is 10.2. The second-order valence-corrected chi connectivity index (χ2v) is 6.20. The van der Waals surface area contributed by atoms with Crippen molar-refractivity contribution in [3.8, 4) is 11.4 Å². The summed E-state index contributed by atoms with van der Waals surface area (Å²) < 4.78 is 2.98. The van der Waals surface area contributed by atoms with Crippen LogP contribution in [0.25, 0.3) is 11.4 Å². The third-order valence-electron chi connectivity index (χ3n) is 2.16. The van der Waals surface area contributed by atoms with Gasteiger partial charge in [0.05, 0.1) is 5.75 Å². The molecule has 2 rings (SSSR count). The maximum Gasteiger partial charge on any atom is 0.313 e. The number of carboxylic acids is 1. The van der Waals surface area contributed by atoms with Crippen molar-refractivity contribution in [1.29, 1.82) is 0 Å². The van der Waals surface area contributed by atoms with E-state index in [0.717, 1.165) is 26.3 Å². The zero-order chi connectivity index (χ0) is 14.0. The van der Waals surface area contributed by atoms with Crippen molar-refractivity contribution in [3.63, 3.8) is 0 Å². The summed E-state index contributed by atoms with van der Waals surface area (Å²) in [5.74, 6) is 5.29. The van der Waals surface area contributed by atoms with E-state index in [1.807, 2.05) is 18.2 Å². The molecule has 6 nitrogen and oxygen atoms in total. The Balaban J connectivity index is 2.36. The number of aromatic nitrogens is 3. The van der Waals surface area contributed by atoms with Crippen molar-refractivity contribution >= 4 is 49.6 Å². The van der Waals surface area contributed by atoms with Crippen molar-refractivity contribution in [3.05, 3.63) is 27.1 Å². The summed E-state index contributed by atoms with van der Waals surface area (Å²) in [5.41, 5.74) is 0.770. The molecule has 0 fully saturated rings. The van der Waals surface area contributed by atoms with Gasteiger partial charge in [-0.1, -0.05) is 43.6 Å². The molecule has 0 saturated carbocycles. The van der Waals surface area contributed by atoms with Crippen molar-refractivity contribution in [1.82, 2.24) is 14.9 Å². The van der Waals surface area contributed by atoms with Gasteiger partial charge >= 0.3 is 5.97 Å². The third-order valence-corrected chi connectivity index (χ3v) is 4.27. The average molecular weight is 408 g/mol. The Kier molecular flexibility index (Phi) is 4.48. The van der Waals surface area contributed by atoms with E-state index in [4.69, 9.17) is 10.9 Å². The predicted molar refractivity (Wildman–Crippen MR) is 79.4 cm³/mol. The fourth-order valence-corrected chi connectivity index (χ4v) is 2.72. The van der Waals surface area contributed by atoms with Crippen LogP contribution in [-0.2, 0) is 4.79 Å². The number of nitrogens with zero attached hydrogens (tertiary/aromatic N) is 3. The molecule has 19 heavy (non-hydrogen) atoms. The molecule has 0 aliphatic rings. The molecule has 9 heteroatoms. The molecular formula is C10H8Br2N4O2S. The highest BCUT2D eigenvalue weighted by Gasteiger charge is 2.15. The molecule has 0 saturated heterocycles. The molecule has 3 N–H and O–H groups in total. The number of hydrogen-bond acceptors (Lipinski definition) is 5. The number of nitrogen functional groups attached to an aromatic ring is 1. The molecule has 100 valence electrons. The van der Waals surface area contributed by atoms with Crippen molar-refractivity contribution in [2.75, 3.05) is 11.6 Å². The Morgan fingerprint density at radius 1 is 1.42 bits per heavy atom. The largest absolute Gasteiger partial charge is 0.481 e. The highest BCUT2D eigenvalue weighted by molar-refractivity contribution is 9.11. The van der Waals surface area contributed by atoms with Crippen molar-refractivity contribution < 1.29 is 9.90 Å². The number of halogens is 2. The number of benzene rings is 1. The summed E-state index contributed by atoms with van der Waals surface area (Å²) in [7, 11) is 0. The topological polar surface area (TPSA) is 94.0 Å². The normalized spacial score (nSPS) is 10.6. The van der Waals surface area contributed by atoms with Gasteiger partial charge in [0.25, 0.3) is 0 Å². The Labute approximate surface area is 129 Å². The van der Waals surface area contributed by atoms with E-state index in [1.54, 1.807) is 0 Å². The molecule has 0 aliphatic heterocycles. The van der Waals surface area contributed by atoms with Gasteiger partial charge in [-0.25, -0.2) is 4.68 Å². The molecule has 0 amide bonds. The van der Waals surface area contributed by atoms with Gasteiger partial charge in [-0.2, -0.15) is 0 Å². The minimum absolute atomic E-state index is 0.116. The second kappa shape index (κ2) is 5.93. The summed E-state index contributed by atoms with van der Waals surface area (Å²) in [5, 5.41) is 16.9. The third kappa shape index (κ3) is 3.28. The number of aliphatic carboxylic acids is 1. The molecule has 2 aromatic rings. The summed E-state index contributed by atoms with van der Waals surface area (Å²) >= 11 is 7.81. The first-order valence-electron chi connectivity index (χ1n) is 4.99. The van der Waals surface area contributed by atoms with Crippen LogP contribution in [0.2, 0.25) is 0 Å². The first-order chi connectivity index (χ1) is 8.99. The summed E-state index contributed by atoms with van der Waals surface area (Å²) in [6.45, 7) is 0. The lowest BCUT2D eigenvalue weighted by Gasteiger charge is -2.05. The standard InChI is InChI=1S/C10H8Br2N4O2S/c11-5-1-2-7(12)6(3-5)9-14-15-10(16(9)13)19-4-8(17)18/h1-3H,4,13H2,(H,17,18). The van der Waals surface area contributed by atoms with Gasteiger partial charge in [0, 0.05) is 14.5 Å². The summed E-state index contributed by atoms with van der Waals surface area (Å²) in [4.78, 5) is 10.5. The molecule has 0 unspecified atom stereocenters. The highest BCUT2D eigenvalue weighted by atomic mass is 79.9. The smallest absolute Gasteiger partial charge is 0.313 e. The monoisotopic (exact) mass is 406 g/mol. The van der Waals surface area contributed by atoms with Crippen LogP contribution in [0.15, 0.2) is 32.3 Å². The molecule has 1 aromatic carbocycles. The first kappa shape index (κ1) is 14.4. The van der Waals surface area contributed by atoms with Crippen LogP contribution in [0.1, 0.15) is 0 Å². The molecule has 1 heterocycles. The Bertz CT molecular complexity index is 632. The van der Waals surface area contributed by atoms with Gasteiger partial charge in [-0.05, 0) is 18.2 Å². The molecule has 0 atom stereocenters. The van der Waals surface area contributed by atoms with Crippen LogP contribution < -0.4 is 5.84 Å². The van der Waals surface area contributed by atoms with E-state index in [2.05, 4.69) is 42.1 Å². The van der Waals surface area contributed by atoms with E-state index in [1.165, 1.54) is 4.68 Å². The second-order valence-electron chi connectivity index (χ2n) is 3.48. The van der Waals surface area contributed by atoms with E-state index >= 15 is 0 Å². The summed E-state index contributed by atoms with van der Waals surface area (Å²) in [6.07, 6.45) is 0. The number of nitrogens with two attached hydrogens (primary N) is 1. The van der Waals surface area contributed by atoms with Gasteiger partial charge in [-0.3, -0.25) is 4.79 Å². The maximum atomic E-state index is 10.5. The molecule has 0 aliphatic carbocycles. The van der Waals surface area contributed by atoms with Gasteiger partial charge in [-0.15, -0.1) is 10.2 Å². The van der Waals surface area contributed by atoms with Crippen LogP contribution in [0.3, 0.4) is 0 Å². The fourth-order valence-electron chi connectivity index (χ4n) is 1.35. The number of rotatable bonds is 4. The number of carboxylic acid groups (broad SMARTS) is 1. The molecule has 0 spiro atoms. The van der Waals surface area contributed by atoms with Crippen molar-refractivity contribution in [2.45, 2.75) is 5.16 Å². The first-order valence-corrected chi connectivity index (χ1v) is 7.56. The van der Waals surface area contributed by atoms with Crippen LogP contribution in [0.4, 0.5) is 0 Å². The van der Waals surface area contributed by atoms with Crippen LogP contribution in [0.5, 0.6) is 0 Å². The Hall–Kier alpha value is -1.06.